The summed E-state index contributed by atoms with van der Waals surface area (Å²) in [6.07, 6.45) is 33.0. The highest BCUT2D eigenvalue weighted by Gasteiger charge is 2.35. The summed E-state index contributed by atoms with van der Waals surface area (Å²) in [4.78, 5) is 14.0. The van der Waals surface area contributed by atoms with Crippen LogP contribution in [0.25, 0.3) is 73.2 Å². The van der Waals surface area contributed by atoms with Crippen molar-refractivity contribution in [2.75, 3.05) is 45.6 Å². The quantitative estimate of drug-likeness (QED) is 0.141. The number of anilines is 7. The van der Waals surface area contributed by atoms with Gasteiger partial charge in [0.15, 0.2) is 19.1 Å². The summed E-state index contributed by atoms with van der Waals surface area (Å²) < 4.78 is 26.6. The molecule has 3 aliphatic rings. The SMILES string of the molecule is Cc1c(N2C=CN(C)[C@@H]2C)ccc2cccn12.Cc1c(N2c3ccccc3N(C)[C@@H]2C)ccc2cccn12.Cc1cc2cccn2cc1-c1n(-c2c(C)cccc2C)cc[n+]1C.Cc1ccc2cccc(-n3ccc[n+]3C)n12.Cc1cccc(C)c1-n1cc[n+](C)c1-c1c(C)ccc2cccn12.Cc1cn2cccc2cc1N1c2ccccc2N(C)[C@@H]1C. The van der Waals surface area contributed by atoms with Crippen molar-refractivity contribution in [3.8, 4) is 40.1 Å². The fourth-order valence-corrected chi connectivity index (χ4v) is 18.5. The Hall–Kier alpha value is -14.4. The lowest BCUT2D eigenvalue weighted by Crippen LogP contribution is -2.37. The molecule has 3 aliphatic heterocycles. The molecule has 18 heterocycles. The van der Waals surface area contributed by atoms with Gasteiger partial charge in [0.05, 0.1) is 60.0 Å². The van der Waals surface area contributed by atoms with Crippen LogP contribution in [-0.4, -0.2) is 84.8 Å². The van der Waals surface area contributed by atoms with Crippen LogP contribution in [0, 0.1) is 69.2 Å². The summed E-state index contributed by atoms with van der Waals surface area (Å²) in [5.74, 6) is 3.54. The van der Waals surface area contributed by atoms with Crippen molar-refractivity contribution in [2.24, 2.45) is 21.1 Å². The normalized spacial score (nSPS) is 14.6. The summed E-state index contributed by atoms with van der Waals surface area (Å²) in [6, 6.07) is 81.7. The fourth-order valence-electron chi connectivity index (χ4n) is 18.5. The molecule has 4 aromatic carbocycles. The summed E-state index contributed by atoms with van der Waals surface area (Å²) in [5.41, 5.74) is 34.1. The van der Waals surface area contributed by atoms with Crippen LogP contribution >= 0.6 is 0 Å². The average Bonchev–Trinajstić information content (AvgIpc) is 1.63. The minimum atomic E-state index is 0.314. The van der Waals surface area contributed by atoms with E-state index in [0.717, 1.165) is 5.82 Å². The van der Waals surface area contributed by atoms with Crippen molar-refractivity contribution in [1.29, 1.82) is 0 Å². The number of aromatic nitrogens is 12. The average molecular weight is 1630 g/mol. The molecule has 19 aromatic rings. The summed E-state index contributed by atoms with van der Waals surface area (Å²) in [7, 11) is 12.7. The zero-order chi connectivity index (χ0) is 85.9. The maximum absolute atomic E-state index is 2.43. The van der Waals surface area contributed by atoms with Gasteiger partial charge in [0.25, 0.3) is 5.82 Å². The van der Waals surface area contributed by atoms with Gasteiger partial charge in [-0.2, -0.15) is 9.13 Å². The largest absolute Gasteiger partial charge is 0.359 e. The standard InChI is InChI=1S/2C21H22N3.2C18H19N3.C14H17N3.C13H14N3/c1-15-7-5-8-16(2)19(15)24-14-13-22(4)21(24)20-17(3)10-11-18-9-6-12-23(18)20;1-15-7-5-8-16(2)20(15)24-12-11-22(4)21(24)19-14-23-10-6-9-18(23)13-17(19)3;1-13-16(11-10-15-7-6-12-20(13)15)21-14(2)19(3)17-8-4-5-9-18(17)21;1-13-12-20-10-6-7-15(20)11-18(13)21-14(2)19(3)16-8-4-5-9-17(16)21;1-11-14(17-10-9-15(3)12(17)2)7-6-13-5-4-8-16(11)13;1-11-7-8-12-5-3-6-13(16(11)12)15-10-4-9-14(15)2/h2*5-14H,1-4H3;2*4-12,14H,1-3H3;4-10,12H,1-3H3;3-10H,1-2H3/q2*+1;;;;+1/t;;2*14-;12-;/m..000./s1. The second-order valence-corrected chi connectivity index (χ2v) is 33.2. The van der Waals surface area contributed by atoms with Gasteiger partial charge in [0, 0.05) is 139 Å². The van der Waals surface area contributed by atoms with Crippen molar-refractivity contribution in [3.05, 3.63) is 380 Å². The Balaban J connectivity index is 0.000000105. The molecule has 0 spiro atoms. The molecule has 0 N–H and O–H groups in total. The van der Waals surface area contributed by atoms with E-state index in [0.29, 0.717) is 18.5 Å². The molecule has 0 amide bonds. The maximum Gasteiger partial charge on any atom is 0.311 e. The Morgan fingerprint density at radius 3 is 1.36 bits per heavy atom. The summed E-state index contributed by atoms with van der Waals surface area (Å²) in [6.45, 7) is 28.4. The molecule has 3 atom stereocenters. The molecule has 22 rings (SSSR count). The van der Waals surface area contributed by atoms with Gasteiger partial charge in [-0.25, -0.2) is 9.13 Å². The van der Waals surface area contributed by atoms with Crippen molar-refractivity contribution in [3.63, 3.8) is 0 Å². The van der Waals surface area contributed by atoms with Crippen LogP contribution in [0.4, 0.5) is 39.8 Å². The molecule has 123 heavy (non-hydrogen) atoms. The second-order valence-electron chi connectivity index (χ2n) is 33.2. The van der Waals surface area contributed by atoms with Gasteiger partial charge < -0.3 is 51.4 Å². The van der Waals surface area contributed by atoms with Crippen molar-refractivity contribution in [1.82, 2.24) is 45.1 Å². The molecule has 0 unspecified atom stereocenters. The van der Waals surface area contributed by atoms with Crippen LogP contribution in [0.15, 0.2) is 323 Å². The molecule has 0 bridgehead atoms. The first-order valence-corrected chi connectivity index (χ1v) is 42.6. The number of aryl methyl sites for hydroxylation is 13. The van der Waals surface area contributed by atoms with Gasteiger partial charge in [0.2, 0.25) is 0 Å². The van der Waals surface area contributed by atoms with Crippen LogP contribution < -0.4 is 38.3 Å². The lowest BCUT2D eigenvalue weighted by atomic mass is 10.1. The van der Waals surface area contributed by atoms with Crippen LogP contribution in [0.3, 0.4) is 0 Å². The minimum absolute atomic E-state index is 0.314. The molecule has 18 heteroatoms. The fraction of sp³-hybridized carbons (Fsp3) is 0.210. The van der Waals surface area contributed by atoms with Gasteiger partial charge in [-0.15, -0.1) is 9.36 Å². The molecular formula is C105H113N18+3. The number of hydrogen-bond donors (Lipinski definition) is 0. The van der Waals surface area contributed by atoms with Crippen molar-refractivity contribution >= 4 is 72.9 Å². The third kappa shape index (κ3) is 14.8. The van der Waals surface area contributed by atoms with Gasteiger partial charge in [0.1, 0.15) is 60.4 Å². The topological polar surface area (TPSA) is 72.3 Å². The zero-order valence-electron chi connectivity index (χ0n) is 74.4. The number of benzene rings is 4. The van der Waals surface area contributed by atoms with E-state index in [9.17, 15) is 0 Å². The van der Waals surface area contributed by atoms with E-state index in [1.807, 2.05) is 19.3 Å². The van der Waals surface area contributed by atoms with Gasteiger partial charge in [-0.05, 0) is 281 Å². The Morgan fingerprint density at radius 1 is 0.317 bits per heavy atom. The number of imidazole rings is 2. The monoisotopic (exact) mass is 1630 g/mol. The number of para-hydroxylation sites is 6. The van der Waals surface area contributed by atoms with E-state index in [4.69, 9.17) is 0 Å². The minimum Gasteiger partial charge on any atom is -0.359 e. The maximum atomic E-state index is 2.43. The molecule has 0 radical (unpaired) electrons. The molecular weight excluding hydrogens is 1510 g/mol. The van der Waals surface area contributed by atoms with E-state index < -0.39 is 0 Å². The van der Waals surface area contributed by atoms with E-state index in [2.05, 4.69) is 520 Å². The van der Waals surface area contributed by atoms with Crippen LogP contribution in [0.2, 0.25) is 0 Å². The van der Waals surface area contributed by atoms with Crippen molar-refractivity contribution < 1.29 is 13.8 Å². The first-order valence-electron chi connectivity index (χ1n) is 42.6. The predicted octanol–water partition coefficient (Wildman–Crippen LogP) is 21.3. The number of rotatable bonds is 8. The highest BCUT2D eigenvalue weighted by molar-refractivity contribution is 5.87. The third-order valence-corrected chi connectivity index (χ3v) is 25.4. The first-order chi connectivity index (χ1) is 59.4. The number of pyridine rings is 6. The Morgan fingerprint density at radius 2 is 0.789 bits per heavy atom. The molecule has 18 nitrogen and oxygen atoms in total. The highest BCUT2D eigenvalue weighted by atomic mass is 15.4. The van der Waals surface area contributed by atoms with Crippen LogP contribution in [0.1, 0.15) is 76.8 Å². The summed E-state index contributed by atoms with van der Waals surface area (Å²) >= 11 is 0. The van der Waals surface area contributed by atoms with E-state index in [1.165, 1.54) is 163 Å². The lowest BCUT2D eigenvalue weighted by molar-refractivity contribution is -0.744. The second kappa shape index (κ2) is 33.3. The molecule has 0 saturated heterocycles. The lowest BCUT2D eigenvalue weighted by Gasteiger charge is -2.29. The zero-order valence-corrected chi connectivity index (χ0v) is 74.4. The Bertz CT molecular complexity index is 7030. The Kier molecular flexibility index (Phi) is 21.9. The number of nitrogens with zero attached hydrogens (tertiary/aromatic N) is 18. The highest BCUT2D eigenvalue weighted by Crippen LogP contribution is 2.46. The molecule has 15 aromatic heterocycles. The van der Waals surface area contributed by atoms with Gasteiger partial charge >= 0.3 is 5.82 Å². The molecule has 0 fully saturated rings. The molecule has 620 valence electrons. The van der Waals surface area contributed by atoms with Gasteiger partial charge in [-0.3, -0.25) is 4.40 Å². The van der Waals surface area contributed by atoms with E-state index in [-0.39, 0.29) is 0 Å². The smallest absolute Gasteiger partial charge is 0.311 e. The number of fused-ring (bicyclic) bond motifs is 8. The Labute approximate surface area is 722 Å². The molecule has 0 aliphatic carbocycles. The molecule has 0 saturated carbocycles. The van der Waals surface area contributed by atoms with Crippen molar-refractivity contribution in [2.45, 2.75) is 109 Å². The van der Waals surface area contributed by atoms with Crippen LogP contribution in [-0.2, 0) is 21.1 Å². The van der Waals surface area contributed by atoms with Crippen LogP contribution in [0.5, 0.6) is 0 Å². The van der Waals surface area contributed by atoms with E-state index in [1.54, 1.807) is 0 Å². The van der Waals surface area contributed by atoms with E-state index >= 15 is 0 Å². The first kappa shape index (κ1) is 81.0. The predicted molar refractivity (Wildman–Crippen MR) is 506 cm³/mol. The third-order valence-electron chi connectivity index (χ3n) is 25.4. The van der Waals surface area contributed by atoms with Gasteiger partial charge in [-0.1, -0.05) is 72.8 Å². The summed E-state index contributed by atoms with van der Waals surface area (Å²) in [5, 5.41) is 0. The number of hydrogen-bond acceptors (Lipinski definition) is 6.